The number of ether oxygens (including phenoxy) is 1. The molecule has 0 saturated heterocycles. The molecule has 0 N–H and O–H groups in total. The van der Waals surface area contributed by atoms with Gasteiger partial charge in [-0.05, 0) is 13.3 Å². The number of halogens is 1. The third-order valence-corrected chi connectivity index (χ3v) is 1.74. The van der Waals surface area contributed by atoms with Gasteiger partial charge in [-0.15, -0.1) is 0 Å². The molecular weight excluding hydrogens is 271 g/mol. The fourth-order valence-electron chi connectivity index (χ4n) is 0.389. The molecule has 0 amide bonds. The van der Waals surface area contributed by atoms with Crippen molar-refractivity contribution in [3.63, 3.8) is 0 Å². The molecule has 0 aromatic heterocycles. The Morgan fingerprint density at radius 3 is 2.42 bits per heavy atom. The second-order valence-electron chi connectivity index (χ2n) is 2.28. The van der Waals surface area contributed by atoms with Crippen LogP contribution in [0.15, 0.2) is 12.2 Å². The zero-order valence-corrected chi connectivity index (χ0v) is 9.25. The number of rotatable bonds is 3. The number of carbonyl (C=O) groups excluding carboxylic acids is 2. The summed E-state index contributed by atoms with van der Waals surface area (Å²) in [5, 5.41) is 0. The Morgan fingerprint density at radius 1 is 1.58 bits per heavy atom. The molecule has 0 aliphatic heterocycles. The number of hydrogen-bond donors (Lipinski definition) is 0. The van der Waals surface area contributed by atoms with Gasteiger partial charge in [-0.1, -0.05) is 36.1 Å². The Morgan fingerprint density at radius 2 is 2.08 bits per heavy atom. The number of hydrogen-bond acceptors (Lipinski definition) is 3. The van der Waals surface area contributed by atoms with E-state index in [9.17, 15) is 9.59 Å². The SMILES string of the molecule is C=C(CC)C(=O)OC(=O)C(C)I. The maximum absolute atomic E-state index is 10.9. The van der Waals surface area contributed by atoms with Crippen LogP contribution in [0.1, 0.15) is 20.3 Å². The van der Waals surface area contributed by atoms with Gasteiger partial charge in [0.25, 0.3) is 0 Å². The highest BCUT2D eigenvalue weighted by Crippen LogP contribution is 2.05. The van der Waals surface area contributed by atoms with Crippen LogP contribution in [0, 0.1) is 0 Å². The molecule has 4 heteroatoms. The molecular formula is C8H11IO3. The van der Waals surface area contributed by atoms with Gasteiger partial charge in [0.1, 0.15) is 3.92 Å². The Hall–Kier alpha value is -0.390. The van der Waals surface area contributed by atoms with Crippen molar-refractivity contribution in [3.8, 4) is 0 Å². The van der Waals surface area contributed by atoms with Crippen LogP contribution in [0.2, 0.25) is 0 Å². The molecule has 3 nitrogen and oxygen atoms in total. The Balaban J connectivity index is 4.02. The van der Waals surface area contributed by atoms with Gasteiger partial charge >= 0.3 is 11.9 Å². The highest BCUT2D eigenvalue weighted by molar-refractivity contribution is 14.1. The normalized spacial score (nSPS) is 11.9. The highest BCUT2D eigenvalue weighted by Gasteiger charge is 2.16. The van der Waals surface area contributed by atoms with Crippen LogP contribution in [0.5, 0.6) is 0 Å². The summed E-state index contributed by atoms with van der Waals surface area (Å²) >= 11 is 1.88. The van der Waals surface area contributed by atoms with Crippen LogP contribution >= 0.6 is 22.6 Å². The molecule has 12 heavy (non-hydrogen) atoms. The second kappa shape index (κ2) is 5.29. The third kappa shape index (κ3) is 3.85. The first-order valence-corrected chi connectivity index (χ1v) is 4.81. The summed E-state index contributed by atoms with van der Waals surface area (Å²) in [6.45, 7) is 6.89. The quantitative estimate of drug-likeness (QED) is 0.261. The van der Waals surface area contributed by atoms with Crippen LogP contribution in [0.3, 0.4) is 0 Å². The van der Waals surface area contributed by atoms with E-state index in [0.717, 1.165) is 0 Å². The average molecular weight is 282 g/mol. The first-order valence-electron chi connectivity index (χ1n) is 3.56. The van der Waals surface area contributed by atoms with Gasteiger partial charge in [-0.2, -0.15) is 0 Å². The number of alkyl halides is 1. The molecule has 0 spiro atoms. The smallest absolute Gasteiger partial charge is 0.341 e. The fourth-order valence-corrected chi connectivity index (χ4v) is 0.516. The van der Waals surface area contributed by atoms with E-state index in [1.54, 1.807) is 13.8 Å². The summed E-state index contributed by atoms with van der Waals surface area (Å²) in [6, 6.07) is 0. The molecule has 0 aromatic rings. The van der Waals surface area contributed by atoms with Gasteiger partial charge in [0, 0.05) is 5.57 Å². The topological polar surface area (TPSA) is 43.4 Å². The lowest BCUT2D eigenvalue weighted by Crippen LogP contribution is -2.19. The Labute approximate surface area is 85.3 Å². The molecule has 0 aliphatic carbocycles. The van der Waals surface area contributed by atoms with Crippen molar-refractivity contribution >= 4 is 34.5 Å². The largest absolute Gasteiger partial charge is 0.389 e. The van der Waals surface area contributed by atoms with Gasteiger partial charge in [-0.3, -0.25) is 4.79 Å². The van der Waals surface area contributed by atoms with E-state index in [1.807, 2.05) is 22.6 Å². The summed E-state index contributed by atoms with van der Waals surface area (Å²) in [6.07, 6.45) is 0.502. The minimum Gasteiger partial charge on any atom is -0.389 e. The summed E-state index contributed by atoms with van der Waals surface area (Å²) in [7, 11) is 0. The highest BCUT2D eigenvalue weighted by atomic mass is 127. The molecule has 0 heterocycles. The van der Waals surface area contributed by atoms with Crippen LogP contribution in [-0.2, 0) is 14.3 Å². The van der Waals surface area contributed by atoms with Crippen LogP contribution in [0.25, 0.3) is 0 Å². The molecule has 0 fully saturated rings. The van der Waals surface area contributed by atoms with Crippen molar-refractivity contribution in [2.75, 3.05) is 0 Å². The minimum atomic E-state index is -0.619. The first-order chi connectivity index (χ1) is 5.49. The molecule has 0 aliphatic rings. The molecule has 0 bridgehead atoms. The number of carbonyl (C=O) groups is 2. The van der Waals surface area contributed by atoms with Gasteiger partial charge in [0.2, 0.25) is 0 Å². The number of esters is 2. The third-order valence-electron chi connectivity index (χ3n) is 1.23. The van der Waals surface area contributed by atoms with E-state index < -0.39 is 11.9 Å². The van der Waals surface area contributed by atoms with E-state index in [4.69, 9.17) is 0 Å². The van der Waals surface area contributed by atoms with Gasteiger partial charge in [-0.25, -0.2) is 4.79 Å². The van der Waals surface area contributed by atoms with Gasteiger partial charge in [0.05, 0.1) is 0 Å². The standard InChI is InChI=1S/C8H11IO3/c1-4-5(2)7(10)12-8(11)6(3)9/h6H,2,4H2,1,3H3. The second-order valence-corrected chi connectivity index (χ2v) is 4.15. The zero-order chi connectivity index (χ0) is 9.72. The van der Waals surface area contributed by atoms with Crippen molar-refractivity contribution in [1.29, 1.82) is 0 Å². The van der Waals surface area contributed by atoms with Crippen molar-refractivity contribution in [1.82, 2.24) is 0 Å². The van der Waals surface area contributed by atoms with Crippen molar-refractivity contribution in [2.24, 2.45) is 0 Å². The zero-order valence-electron chi connectivity index (χ0n) is 7.09. The lowest BCUT2D eigenvalue weighted by Gasteiger charge is -2.04. The van der Waals surface area contributed by atoms with Crippen molar-refractivity contribution < 1.29 is 14.3 Å². The van der Waals surface area contributed by atoms with E-state index in [1.165, 1.54) is 0 Å². The molecule has 1 unspecified atom stereocenters. The summed E-state index contributed by atoms with van der Waals surface area (Å²) in [5.41, 5.74) is 0.320. The summed E-state index contributed by atoms with van der Waals surface area (Å²) in [4.78, 5) is 21.8. The van der Waals surface area contributed by atoms with E-state index in [2.05, 4.69) is 11.3 Å². The van der Waals surface area contributed by atoms with E-state index >= 15 is 0 Å². The van der Waals surface area contributed by atoms with Crippen molar-refractivity contribution in [2.45, 2.75) is 24.2 Å². The first kappa shape index (κ1) is 11.6. The summed E-state index contributed by atoms with van der Waals surface area (Å²) in [5.74, 6) is -1.14. The predicted molar refractivity (Wildman–Crippen MR) is 54.0 cm³/mol. The molecule has 68 valence electrons. The van der Waals surface area contributed by atoms with Crippen LogP contribution in [-0.4, -0.2) is 15.9 Å². The molecule has 0 rings (SSSR count). The maximum Gasteiger partial charge on any atom is 0.341 e. The molecule has 0 saturated carbocycles. The van der Waals surface area contributed by atoms with Crippen LogP contribution in [0.4, 0.5) is 0 Å². The predicted octanol–water partition coefficient (Wildman–Crippen LogP) is 1.85. The molecule has 0 aromatic carbocycles. The maximum atomic E-state index is 10.9. The Kier molecular flexibility index (Phi) is 5.12. The molecule has 1 atom stereocenters. The monoisotopic (exact) mass is 282 g/mol. The Bertz CT molecular complexity index is 208. The summed E-state index contributed by atoms with van der Waals surface area (Å²) < 4.78 is 4.17. The van der Waals surface area contributed by atoms with E-state index in [0.29, 0.717) is 12.0 Å². The van der Waals surface area contributed by atoms with Gasteiger partial charge < -0.3 is 4.74 Å². The van der Waals surface area contributed by atoms with Crippen LogP contribution < -0.4 is 0 Å². The van der Waals surface area contributed by atoms with E-state index in [-0.39, 0.29) is 3.92 Å². The lowest BCUT2D eigenvalue weighted by molar-refractivity contribution is -0.156. The van der Waals surface area contributed by atoms with Crippen molar-refractivity contribution in [3.05, 3.63) is 12.2 Å². The average Bonchev–Trinajstić information content (AvgIpc) is 2.02. The minimum absolute atomic E-state index is 0.309. The molecule has 0 radical (unpaired) electrons. The van der Waals surface area contributed by atoms with Gasteiger partial charge in [0.15, 0.2) is 0 Å². The fraction of sp³-hybridized carbons (Fsp3) is 0.500. The lowest BCUT2D eigenvalue weighted by atomic mass is 10.2.